The highest BCUT2D eigenvalue weighted by atomic mass is 35.5. The Balaban J connectivity index is 2.27. The molecule has 0 spiro atoms. The van der Waals surface area contributed by atoms with Crippen LogP contribution in [0.25, 0.3) is 0 Å². The molecule has 1 N–H and O–H groups in total. The van der Waals surface area contributed by atoms with Crippen molar-refractivity contribution in [3.05, 3.63) is 33.8 Å². The van der Waals surface area contributed by atoms with Crippen molar-refractivity contribution in [2.75, 3.05) is 18.1 Å². The van der Waals surface area contributed by atoms with E-state index in [1.54, 1.807) is 6.07 Å². The molecule has 0 saturated carbocycles. The van der Waals surface area contributed by atoms with Crippen molar-refractivity contribution in [1.82, 2.24) is 5.32 Å². The quantitative estimate of drug-likeness (QED) is 0.896. The van der Waals surface area contributed by atoms with Crippen molar-refractivity contribution in [3.8, 4) is 0 Å². The lowest BCUT2D eigenvalue weighted by Gasteiger charge is -2.25. The summed E-state index contributed by atoms with van der Waals surface area (Å²) in [5.41, 5.74) is 0.970. The van der Waals surface area contributed by atoms with Gasteiger partial charge in [0.05, 0.1) is 11.5 Å². The van der Waals surface area contributed by atoms with Gasteiger partial charge in [-0.3, -0.25) is 0 Å². The zero-order chi connectivity index (χ0) is 14.8. The number of halogens is 2. The summed E-state index contributed by atoms with van der Waals surface area (Å²) < 4.78 is 23.4. The summed E-state index contributed by atoms with van der Waals surface area (Å²) in [4.78, 5) is 0. The van der Waals surface area contributed by atoms with E-state index in [9.17, 15) is 8.42 Å². The Morgan fingerprint density at radius 1 is 1.30 bits per heavy atom. The van der Waals surface area contributed by atoms with Crippen LogP contribution < -0.4 is 5.32 Å². The van der Waals surface area contributed by atoms with E-state index in [-0.39, 0.29) is 23.5 Å². The largest absolute Gasteiger partial charge is 0.310 e. The van der Waals surface area contributed by atoms with E-state index < -0.39 is 9.84 Å². The predicted octanol–water partition coefficient (Wildman–Crippen LogP) is 3.47. The van der Waals surface area contributed by atoms with Gasteiger partial charge in [0.1, 0.15) is 0 Å². The molecule has 1 aliphatic heterocycles. The van der Waals surface area contributed by atoms with Crippen LogP contribution in [-0.2, 0) is 9.84 Å². The highest BCUT2D eigenvalue weighted by Gasteiger charge is 2.34. The normalized spacial score (nSPS) is 22.9. The van der Waals surface area contributed by atoms with Crippen LogP contribution >= 0.6 is 23.2 Å². The maximum atomic E-state index is 11.7. The molecule has 112 valence electrons. The van der Waals surface area contributed by atoms with E-state index in [0.717, 1.165) is 18.5 Å². The van der Waals surface area contributed by atoms with Crippen molar-refractivity contribution in [2.24, 2.45) is 5.92 Å². The van der Waals surface area contributed by atoms with Gasteiger partial charge in [-0.2, -0.15) is 0 Å². The lowest BCUT2D eigenvalue weighted by atomic mass is 9.92. The Hall–Kier alpha value is -0.290. The number of hydrogen-bond donors (Lipinski definition) is 1. The van der Waals surface area contributed by atoms with E-state index >= 15 is 0 Å². The van der Waals surface area contributed by atoms with Gasteiger partial charge in [-0.25, -0.2) is 8.42 Å². The third kappa shape index (κ3) is 4.10. The average molecular weight is 336 g/mol. The lowest BCUT2D eigenvalue weighted by molar-refractivity contribution is 0.393. The minimum atomic E-state index is -2.90. The Morgan fingerprint density at radius 3 is 2.45 bits per heavy atom. The first kappa shape index (κ1) is 16.1. The number of rotatable bonds is 5. The van der Waals surface area contributed by atoms with Crippen molar-refractivity contribution in [2.45, 2.75) is 25.8 Å². The number of nitrogens with one attached hydrogen (secondary N) is 1. The summed E-state index contributed by atoms with van der Waals surface area (Å²) in [5.74, 6) is 0.593. The minimum Gasteiger partial charge on any atom is -0.310 e. The van der Waals surface area contributed by atoms with Crippen LogP contribution in [0, 0.1) is 5.92 Å². The van der Waals surface area contributed by atoms with Crippen molar-refractivity contribution in [3.63, 3.8) is 0 Å². The number of benzene rings is 1. The smallest absolute Gasteiger partial charge is 0.150 e. The van der Waals surface area contributed by atoms with E-state index in [1.165, 1.54) is 0 Å². The molecule has 1 aromatic carbocycles. The molecule has 20 heavy (non-hydrogen) atoms. The molecule has 1 heterocycles. The van der Waals surface area contributed by atoms with Gasteiger partial charge in [-0.15, -0.1) is 0 Å². The molecule has 0 bridgehead atoms. The van der Waals surface area contributed by atoms with Gasteiger partial charge >= 0.3 is 0 Å². The first-order valence-electron chi connectivity index (χ1n) is 6.81. The van der Waals surface area contributed by atoms with Crippen LogP contribution in [0.4, 0.5) is 0 Å². The SMILES string of the molecule is CCCNC(c1cc(Cl)cc(Cl)c1)C1CCS(=O)(=O)C1. The first-order valence-corrected chi connectivity index (χ1v) is 9.39. The summed E-state index contributed by atoms with van der Waals surface area (Å²) in [7, 11) is -2.90. The van der Waals surface area contributed by atoms with Gasteiger partial charge in [0.15, 0.2) is 9.84 Å². The van der Waals surface area contributed by atoms with Crippen LogP contribution in [-0.4, -0.2) is 26.5 Å². The Labute approximate surface area is 130 Å². The number of sulfone groups is 1. The fourth-order valence-electron chi connectivity index (χ4n) is 2.70. The van der Waals surface area contributed by atoms with Crippen LogP contribution in [0.3, 0.4) is 0 Å². The monoisotopic (exact) mass is 335 g/mol. The Bertz CT molecular complexity index is 554. The fraction of sp³-hybridized carbons (Fsp3) is 0.571. The molecule has 1 saturated heterocycles. The van der Waals surface area contributed by atoms with Crippen LogP contribution in [0.15, 0.2) is 18.2 Å². The standard InChI is InChI=1S/C14H19Cl2NO2S/c1-2-4-17-14(10-3-5-20(18,19)9-10)11-6-12(15)8-13(16)7-11/h6-8,10,14,17H,2-5,9H2,1H3. The maximum Gasteiger partial charge on any atom is 0.150 e. The van der Waals surface area contributed by atoms with Gasteiger partial charge < -0.3 is 5.32 Å². The van der Waals surface area contributed by atoms with Crippen molar-refractivity contribution >= 4 is 33.0 Å². The molecule has 0 aliphatic carbocycles. The first-order chi connectivity index (χ1) is 9.41. The summed E-state index contributed by atoms with van der Waals surface area (Å²) in [5, 5.41) is 4.60. The number of hydrogen-bond acceptors (Lipinski definition) is 3. The van der Waals surface area contributed by atoms with E-state index in [1.807, 2.05) is 12.1 Å². The molecule has 1 fully saturated rings. The van der Waals surface area contributed by atoms with Crippen LogP contribution in [0.1, 0.15) is 31.4 Å². The lowest BCUT2D eigenvalue weighted by Crippen LogP contribution is -2.29. The maximum absolute atomic E-state index is 11.7. The molecular formula is C14H19Cl2NO2S. The van der Waals surface area contributed by atoms with Gasteiger partial charge in [-0.1, -0.05) is 30.1 Å². The summed E-state index contributed by atoms with van der Waals surface area (Å²) in [6, 6.07) is 5.41. The molecule has 0 amide bonds. The van der Waals surface area contributed by atoms with Crippen molar-refractivity contribution in [1.29, 1.82) is 0 Å². The van der Waals surface area contributed by atoms with Gasteiger partial charge in [-0.05, 0) is 49.1 Å². The summed E-state index contributed by atoms with van der Waals surface area (Å²) >= 11 is 12.1. The zero-order valence-corrected chi connectivity index (χ0v) is 13.7. The second-order valence-electron chi connectivity index (χ2n) is 5.30. The van der Waals surface area contributed by atoms with E-state index in [4.69, 9.17) is 23.2 Å². The van der Waals surface area contributed by atoms with Crippen molar-refractivity contribution < 1.29 is 8.42 Å². The molecule has 2 rings (SSSR count). The Morgan fingerprint density at radius 2 is 1.95 bits per heavy atom. The molecule has 0 aromatic heterocycles. The molecular weight excluding hydrogens is 317 g/mol. The van der Waals surface area contributed by atoms with E-state index in [0.29, 0.717) is 16.5 Å². The fourth-order valence-corrected chi connectivity index (χ4v) is 5.08. The third-order valence-electron chi connectivity index (χ3n) is 3.60. The highest BCUT2D eigenvalue weighted by Crippen LogP contribution is 2.34. The van der Waals surface area contributed by atoms with Crippen LogP contribution in [0.2, 0.25) is 10.0 Å². The van der Waals surface area contributed by atoms with Gasteiger partial charge in [0.2, 0.25) is 0 Å². The molecule has 3 nitrogen and oxygen atoms in total. The van der Waals surface area contributed by atoms with Gasteiger partial charge in [0.25, 0.3) is 0 Å². The Kier molecular flexibility index (Phi) is 5.35. The van der Waals surface area contributed by atoms with Crippen LogP contribution in [0.5, 0.6) is 0 Å². The molecule has 1 aromatic rings. The molecule has 2 atom stereocenters. The summed E-state index contributed by atoms with van der Waals surface area (Å²) in [6.07, 6.45) is 1.68. The predicted molar refractivity (Wildman–Crippen MR) is 84.3 cm³/mol. The molecule has 1 aliphatic rings. The minimum absolute atomic E-state index is 0.0107. The third-order valence-corrected chi connectivity index (χ3v) is 5.83. The topological polar surface area (TPSA) is 46.2 Å². The van der Waals surface area contributed by atoms with E-state index in [2.05, 4.69) is 12.2 Å². The molecule has 6 heteroatoms. The second kappa shape index (κ2) is 6.65. The average Bonchev–Trinajstić information content (AvgIpc) is 2.69. The molecule has 0 radical (unpaired) electrons. The highest BCUT2D eigenvalue weighted by molar-refractivity contribution is 7.91. The zero-order valence-electron chi connectivity index (χ0n) is 11.4. The summed E-state index contributed by atoms with van der Waals surface area (Å²) in [6.45, 7) is 2.92. The van der Waals surface area contributed by atoms with Gasteiger partial charge in [0, 0.05) is 16.1 Å². The molecule has 2 unspecified atom stereocenters. The second-order valence-corrected chi connectivity index (χ2v) is 8.40.